The number of hydrogen-bond acceptors (Lipinski definition) is 3. The third-order valence-corrected chi connectivity index (χ3v) is 4.47. The summed E-state index contributed by atoms with van der Waals surface area (Å²) < 4.78 is 1.03. The summed E-state index contributed by atoms with van der Waals surface area (Å²) >= 11 is 5.28. The normalized spacial score (nSPS) is 10.9. The number of nitrogen functional groups attached to an aromatic ring is 1. The third kappa shape index (κ3) is 2.89. The second-order valence-electron chi connectivity index (χ2n) is 3.66. The van der Waals surface area contributed by atoms with Crippen molar-refractivity contribution in [3.8, 4) is 0 Å². The molecule has 2 N–H and O–H groups in total. The fourth-order valence-corrected chi connectivity index (χ4v) is 2.49. The largest absolute Gasteiger partial charge is 0.397 e. The highest BCUT2D eigenvalue weighted by molar-refractivity contribution is 9.10. The maximum absolute atomic E-state index is 5.74. The molecule has 0 spiro atoms. The van der Waals surface area contributed by atoms with Crippen molar-refractivity contribution >= 4 is 33.4 Å². The Labute approximate surface area is 97.8 Å². The molecule has 0 saturated heterocycles. The Hall–Kier alpha value is -0.220. The van der Waals surface area contributed by atoms with Crippen LogP contribution in [-0.4, -0.2) is 10.7 Å². The molecule has 1 rings (SSSR count). The van der Waals surface area contributed by atoms with E-state index in [1.165, 1.54) is 0 Å². The van der Waals surface area contributed by atoms with Gasteiger partial charge < -0.3 is 5.73 Å². The summed E-state index contributed by atoms with van der Waals surface area (Å²) in [6, 6.07) is 0. The van der Waals surface area contributed by atoms with Crippen LogP contribution in [0.5, 0.6) is 0 Å². The second-order valence-corrected chi connectivity index (χ2v) is 5.46. The zero-order valence-electron chi connectivity index (χ0n) is 8.67. The van der Waals surface area contributed by atoms with E-state index in [4.69, 9.17) is 5.73 Å². The number of hydrogen-bond donors (Lipinski definition) is 1. The highest BCUT2D eigenvalue weighted by Crippen LogP contribution is 2.31. The maximum atomic E-state index is 5.74. The summed E-state index contributed by atoms with van der Waals surface area (Å²) in [7, 11) is 0. The molecule has 0 fully saturated rings. The molecule has 0 saturated carbocycles. The van der Waals surface area contributed by atoms with Crippen LogP contribution in [0.15, 0.2) is 15.7 Å². The van der Waals surface area contributed by atoms with Crippen LogP contribution in [0.3, 0.4) is 0 Å². The predicted molar refractivity (Wildman–Crippen MR) is 66.6 cm³/mol. The third-order valence-electron chi connectivity index (χ3n) is 1.82. The predicted octanol–water partition coefficient (Wildman–Crippen LogP) is 3.48. The molecule has 1 heterocycles. The van der Waals surface area contributed by atoms with E-state index < -0.39 is 0 Å². The first kappa shape index (κ1) is 11.9. The Morgan fingerprint density at radius 2 is 2.21 bits per heavy atom. The molecule has 0 aliphatic carbocycles. The van der Waals surface area contributed by atoms with Crippen LogP contribution in [0.2, 0.25) is 0 Å². The summed E-state index contributed by atoms with van der Waals surface area (Å²) in [5.74, 6) is 1.75. The van der Waals surface area contributed by atoms with Crippen LogP contribution in [0.4, 0.5) is 5.69 Å². The number of halogens is 1. The Kier molecular flexibility index (Phi) is 4.26. The van der Waals surface area contributed by atoms with Crippen molar-refractivity contribution < 1.29 is 0 Å². The van der Waals surface area contributed by atoms with Gasteiger partial charge in [0.25, 0.3) is 0 Å². The smallest absolute Gasteiger partial charge is 0.111 e. The Morgan fingerprint density at radius 1 is 1.57 bits per heavy atom. The number of nitrogens with two attached hydrogens (primary N) is 1. The molecule has 0 unspecified atom stereocenters. The standard InChI is InChI=1S/C10H15BrN2S/c1-6(2)5-14-10-9(11)7(3)8(12)4-13-10/h4,6H,5,12H2,1-3H3. The minimum atomic E-state index is 0.673. The van der Waals surface area contributed by atoms with Gasteiger partial charge in [0.2, 0.25) is 0 Å². The summed E-state index contributed by atoms with van der Waals surface area (Å²) in [6.45, 7) is 6.40. The molecular formula is C10H15BrN2S. The highest BCUT2D eigenvalue weighted by atomic mass is 79.9. The van der Waals surface area contributed by atoms with Gasteiger partial charge in [-0.15, -0.1) is 11.8 Å². The number of anilines is 1. The SMILES string of the molecule is Cc1c(N)cnc(SCC(C)C)c1Br. The molecule has 4 heteroatoms. The van der Waals surface area contributed by atoms with Crippen LogP contribution in [0, 0.1) is 12.8 Å². The first-order valence-corrected chi connectivity index (χ1v) is 6.33. The van der Waals surface area contributed by atoms with Gasteiger partial charge >= 0.3 is 0 Å². The van der Waals surface area contributed by atoms with Gasteiger partial charge in [0.05, 0.1) is 16.4 Å². The van der Waals surface area contributed by atoms with E-state index in [1.54, 1.807) is 18.0 Å². The molecule has 0 aliphatic rings. The van der Waals surface area contributed by atoms with Crippen molar-refractivity contribution in [2.24, 2.45) is 5.92 Å². The molecule has 0 aromatic carbocycles. The molecule has 1 aromatic rings. The van der Waals surface area contributed by atoms with E-state index >= 15 is 0 Å². The minimum Gasteiger partial charge on any atom is -0.397 e. The molecular weight excluding hydrogens is 260 g/mol. The van der Waals surface area contributed by atoms with Gasteiger partial charge in [0.1, 0.15) is 5.03 Å². The zero-order valence-corrected chi connectivity index (χ0v) is 11.1. The summed E-state index contributed by atoms with van der Waals surface area (Å²) in [5.41, 5.74) is 7.56. The summed E-state index contributed by atoms with van der Waals surface area (Å²) in [4.78, 5) is 4.30. The summed E-state index contributed by atoms with van der Waals surface area (Å²) in [6.07, 6.45) is 1.72. The van der Waals surface area contributed by atoms with E-state index in [2.05, 4.69) is 34.8 Å². The first-order chi connectivity index (χ1) is 6.52. The molecule has 0 amide bonds. The van der Waals surface area contributed by atoms with Crippen molar-refractivity contribution in [1.82, 2.24) is 4.98 Å². The first-order valence-electron chi connectivity index (χ1n) is 4.55. The zero-order chi connectivity index (χ0) is 10.7. The molecule has 0 aliphatic heterocycles. The van der Waals surface area contributed by atoms with E-state index in [9.17, 15) is 0 Å². The van der Waals surface area contributed by atoms with Gasteiger partial charge in [-0.1, -0.05) is 13.8 Å². The molecule has 0 radical (unpaired) electrons. The lowest BCUT2D eigenvalue weighted by atomic mass is 10.3. The lowest BCUT2D eigenvalue weighted by Gasteiger charge is -2.09. The van der Waals surface area contributed by atoms with Crippen molar-refractivity contribution in [3.05, 3.63) is 16.2 Å². The Bertz CT molecular complexity index is 326. The highest BCUT2D eigenvalue weighted by Gasteiger charge is 2.08. The molecule has 2 nitrogen and oxygen atoms in total. The van der Waals surface area contributed by atoms with Crippen LogP contribution in [0.1, 0.15) is 19.4 Å². The van der Waals surface area contributed by atoms with Gasteiger partial charge in [-0.3, -0.25) is 0 Å². The molecule has 0 bridgehead atoms. The quantitative estimate of drug-likeness (QED) is 0.858. The topological polar surface area (TPSA) is 38.9 Å². The lowest BCUT2D eigenvalue weighted by molar-refractivity contribution is 0.749. The van der Waals surface area contributed by atoms with Crippen molar-refractivity contribution in [3.63, 3.8) is 0 Å². The number of rotatable bonds is 3. The minimum absolute atomic E-state index is 0.673. The monoisotopic (exact) mass is 274 g/mol. The van der Waals surface area contributed by atoms with E-state index in [0.717, 1.165) is 26.5 Å². The molecule has 14 heavy (non-hydrogen) atoms. The van der Waals surface area contributed by atoms with Gasteiger partial charge in [0, 0.05) is 5.75 Å². The average Bonchev–Trinajstić information content (AvgIpc) is 2.13. The van der Waals surface area contributed by atoms with Crippen molar-refractivity contribution in [1.29, 1.82) is 0 Å². The van der Waals surface area contributed by atoms with Crippen LogP contribution in [0.25, 0.3) is 0 Å². The number of pyridine rings is 1. The summed E-state index contributed by atoms with van der Waals surface area (Å²) in [5, 5.41) is 1.03. The molecule has 1 aromatic heterocycles. The van der Waals surface area contributed by atoms with Crippen molar-refractivity contribution in [2.75, 3.05) is 11.5 Å². The Balaban J connectivity index is 2.83. The van der Waals surface area contributed by atoms with Crippen LogP contribution < -0.4 is 5.73 Å². The fourth-order valence-electron chi connectivity index (χ4n) is 0.915. The van der Waals surface area contributed by atoms with Gasteiger partial charge in [0.15, 0.2) is 0 Å². The molecule has 78 valence electrons. The van der Waals surface area contributed by atoms with Crippen molar-refractivity contribution in [2.45, 2.75) is 25.8 Å². The lowest BCUT2D eigenvalue weighted by Crippen LogP contribution is -1.97. The van der Waals surface area contributed by atoms with E-state index in [0.29, 0.717) is 5.92 Å². The van der Waals surface area contributed by atoms with Gasteiger partial charge in [-0.25, -0.2) is 4.98 Å². The fraction of sp³-hybridized carbons (Fsp3) is 0.500. The number of nitrogens with zero attached hydrogens (tertiary/aromatic N) is 1. The maximum Gasteiger partial charge on any atom is 0.111 e. The van der Waals surface area contributed by atoms with Gasteiger partial charge in [-0.05, 0) is 34.3 Å². The number of aromatic nitrogens is 1. The van der Waals surface area contributed by atoms with Crippen LogP contribution >= 0.6 is 27.7 Å². The van der Waals surface area contributed by atoms with Gasteiger partial charge in [-0.2, -0.15) is 0 Å². The number of thioether (sulfide) groups is 1. The average molecular weight is 275 g/mol. The van der Waals surface area contributed by atoms with Crippen LogP contribution in [-0.2, 0) is 0 Å². The molecule has 0 atom stereocenters. The van der Waals surface area contributed by atoms with E-state index in [1.807, 2.05) is 6.92 Å². The second kappa shape index (κ2) is 5.03. The van der Waals surface area contributed by atoms with E-state index in [-0.39, 0.29) is 0 Å². The Morgan fingerprint density at radius 3 is 2.79 bits per heavy atom.